The molecule has 180 valence electrons. The summed E-state index contributed by atoms with van der Waals surface area (Å²) in [5.74, 6) is -0.414. The number of amides is 1. The third-order valence-electron chi connectivity index (χ3n) is 5.36. The third kappa shape index (κ3) is 7.37. The topological polar surface area (TPSA) is 102 Å². The average Bonchev–Trinajstić information content (AvgIpc) is 2.77. The van der Waals surface area contributed by atoms with Gasteiger partial charge in [-0.2, -0.15) is 0 Å². The highest BCUT2D eigenvalue weighted by Gasteiger charge is 2.21. The van der Waals surface area contributed by atoms with Gasteiger partial charge in [-0.15, -0.1) is 0 Å². The molecule has 0 aliphatic rings. The second-order valence-corrected chi connectivity index (χ2v) is 9.69. The van der Waals surface area contributed by atoms with E-state index in [0.717, 1.165) is 11.1 Å². The van der Waals surface area contributed by atoms with E-state index in [2.05, 4.69) is 10.6 Å². The Morgan fingerprint density at radius 2 is 1.65 bits per heavy atom. The fourth-order valence-electron chi connectivity index (χ4n) is 3.63. The van der Waals surface area contributed by atoms with E-state index in [1.165, 1.54) is 18.2 Å². The van der Waals surface area contributed by atoms with Crippen molar-refractivity contribution in [2.45, 2.75) is 38.5 Å². The van der Waals surface area contributed by atoms with Crippen LogP contribution in [-0.2, 0) is 13.0 Å². The standard InChI is InChI=1S/C26H28Cl2N2O4/c1-26(2,30-15-24(33)19-10-20(31)12-21(32)11-19)13-16-4-3-5-18(8-16)25(34)29-14-17-6-7-22(27)23(28)9-17/h3-12,24,30-33H,13-15H2,1-2H3,(H,29,34). The van der Waals surface area contributed by atoms with Crippen LogP contribution in [0.3, 0.4) is 0 Å². The Bertz CT molecular complexity index is 1150. The molecule has 0 spiro atoms. The Morgan fingerprint density at radius 3 is 2.32 bits per heavy atom. The van der Waals surface area contributed by atoms with Crippen LogP contribution >= 0.6 is 23.2 Å². The lowest BCUT2D eigenvalue weighted by molar-refractivity contribution is 0.0950. The van der Waals surface area contributed by atoms with Gasteiger partial charge in [0.2, 0.25) is 0 Å². The van der Waals surface area contributed by atoms with Crippen molar-refractivity contribution in [3.05, 3.63) is 93.0 Å². The third-order valence-corrected chi connectivity index (χ3v) is 6.09. The molecule has 1 atom stereocenters. The predicted octanol–water partition coefficient (Wildman–Crippen LogP) is 4.98. The first-order valence-electron chi connectivity index (χ1n) is 10.8. The number of aliphatic hydroxyl groups is 1. The van der Waals surface area contributed by atoms with Gasteiger partial charge < -0.3 is 26.0 Å². The molecule has 8 heteroatoms. The molecule has 34 heavy (non-hydrogen) atoms. The lowest BCUT2D eigenvalue weighted by Crippen LogP contribution is -2.43. The first-order chi connectivity index (χ1) is 16.0. The molecule has 3 rings (SSSR count). The molecule has 0 aromatic heterocycles. The van der Waals surface area contributed by atoms with Crippen molar-refractivity contribution in [3.8, 4) is 11.5 Å². The summed E-state index contributed by atoms with van der Waals surface area (Å²) in [6, 6.07) is 16.7. The van der Waals surface area contributed by atoms with Crippen LogP contribution in [0.4, 0.5) is 0 Å². The minimum Gasteiger partial charge on any atom is -0.508 e. The zero-order valence-corrected chi connectivity index (χ0v) is 20.5. The molecule has 0 saturated carbocycles. The van der Waals surface area contributed by atoms with Gasteiger partial charge in [0.05, 0.1) is 16.1 Å². The van der Waals surface area contributed by atoms with Crippen LogP contribution in [0, 0.1) is 0 Å². The maximum Gasteiger partial charge on any atom is 0.251 e. The van der Waals surface area contributed by atoms with Gasteiger partial charge in [0, 0.05) is 30.3 Å². The number of halogens is 2. The van der Waals surface area contributed by atoms with Crippen molar-refractivity contribution in [2.75, 3.05) is 6.54 Å². The normalized spacial score (nSPS) is 12.4. The summed E-state index contributed by atoms with van der Waals surface area (Å²) in [4.78, 5) is 12.7. The maximum absolute atomic E-state index is 12.7. The van der Waals surface area contributed by atoms with Gasteiger partial charge in [-0.1, -0.05) is 41.4 Å². The zero-order chi connectivity index (χ0) is 24.9. The van der Waals surface area contributed by atoms with Gasteiger partial charge in [0.15, 0.2) is 0 Å². The van der Waals surface area contributed by atoms with Crippen molar-refractivity contribution < 1.29 is 20.1 Å². The summed E-state index contributed by atoms with van der Waals surface area (Å²) in [6.07, 6.45) is -0.297. The fourth-order valence-corrected chi connectivity index (χ4v) is 3.95. The van der Waals surface area contributed by atoms with Crippen molar-refractivity contribution in [1.29, 1.82) is 0 Å². The van der Waals surface area contributed by atoms with E-state index in [4.69, 9.17) is 23.2 Å². The number of carbonyl (C=O) groups excluding carboxylic acids is 1. The van der Waals surface area contributed by atoms with Crippen molar-refractivity contribution >= 4 is 29.1 Å². The number of benzene rings is 3. The molecular weight excluding hydrogens is 475 g/mol. The molecule has 3 aromatic carbocycles. The molecule has 1 amide bonds. The van der Waals surface area contributed by atoms with Crippen molar-refractivity contribution in [2.24, 2.45) is 0 Å². The highest BCUT2D eigenvalue weighted by molar-refractivity contribution is 6.42. The highest BCUT2D eigenvalue weighted by Crippen LogP contribution is 2.25. The Balaban J connectivity index is 1.58. The number of hydrogen-bond donors (Lipinski definition) is 5. The van der Waals surface area contributed by atoms with Gasteiger partial charge in [0.1, 0.15) is 11.5 Å². The molecule has 6 nitrogen and oxygen atoms in total. The first-order valence-corrected chi connectivity index (χ1v) is 11.5. The van der Waals surface area contributed by atoms with E-state index >= 15 is 0 Å². The number of rotatable bonds is 9. The first kappa shape index (κ1) is 25.8. The molecule has 5 N–H and O–H groups in total. The van der Waals surface area contributed by atoms with E-state index in [1.807, 2.05) is 38.1 Å². The van der Waals surface area contributed by atoms with Gasteiger partial charge in [-0.25, -0.2) is 0 Å². The summed E-state index contributed by atoms with van der Waals surface area (Å²) in [5.41, 5.74) is 2.38. The lowest BCUT2D eigenvalue weighted by atomic mass is 9.93. The van der Waals surface area contributed by atoms with Gasteiger partial charge in [-0.05, 0) is 73.4 Å². The molecule has 1 unspecified atom stereocenters. The largest absolute Gasteiger partial charge is 0.508 e. The Morgan fingerprint density at radius 1 is 0.941 bits per heavy atom. The van der Waals surface area contributed by atoms with Crippen LogP contribution in [-0.4, -0.2) is 33.3 Å². The van der Waals surface area contributed by atoms with E-state index < -0.39 is 11.6 Å². The molecule has 0 bridgehead atoms. The zero-order valence-electron chi connectivity index (χ0n) is 19.0. The van der Waals surface area contributed by atoms with Gasteiger partial charge >= 0.3 is 0 Å². The number of nitrogens with one attached hydrogen (secondary N) is 2. The number of phenols is 2. The molecule has 0 radical (unpaired) electrons. The van der Waals surface area contributed by atoms with E-state index in [9.17, 15) is 20.1 Å². The molecule has 0 saturated heterocycles. The second-order valence-electron chi connectivity index (χ2n) is 8.87. The summed E-state index contributed by atoms with van der Waals surface area (Å²) in [6.45, 7) is 4.54. The van der Waals surface area contributed by atoms with Crippen LogP contribution < -0.4 is 10.6 Å². The Labute approximate surface area is 209 Å². The fraction of sp³-hybridized carbons (Fsp3) is 0.269. The van der Waals surface area contributed by atoms with Gasteiger partial charge in [0.25, 0.3) is 5.91 Å². The van der Waals surface area contributed by atoms with Crippen molar-refractivity contribution in [3.63, 3.8) is 0 Å². The summed E-state index contributed by atoms with van der Waals surface area (Å²) < 4.78 is 0. The maximum atomic E-state index is 12.7. The molecule has 3 aromatic rings. The minimum absolute atomic E-state index is 0.109. The number of aromatic hydroxyl groups is 2. The van der Waals surface area contributed by atoms with E-state index in [1.54, 1.807) is 18.2 Å². The number of phenolic OH excluding ortho intramolecular Hbond substituents is 2. The molecule has 0 heterocycles. The lowest BCUT2D eigenvalue weighted by Gasteiger charge is -2.28. The van der Waals surface area contributed by atoms with E-state index in [0.29, 0.717) is 34.1 Å². The van der Waals surface area contributed by atoms with Crippen molar-refractivity contribution in [1.82, 2.24) is 10.6 Å². The SMILES string of the molecule is CC(C)(Cc1cccc(C(=O)NCc2ccc(Cl)c(Cl)c2)c1)NCC(O)c1cc(O)cc(O)c1. The van der Waals surface area contributed by atoms with Crippen LogP contribution in [0.25, 0.3) is 0 Å². The smallest absolute Gasteiger partial charge is 0.251 e. The number of carbonyl (C=O) groups is 1. The molecule has 0 aliphatic heterocycles. The molecular formula is C26H28Cl2N2O4. The van der Waals surface area contributed by atoms with Crippen LogP contribution in [0.5, 0.6) is 11.5 Å². The van der Waals surface area contributed by atoms with Crippen LogP contribution in [0.1, 0.15) is 47.0 Å². The van der Waals surface area contributed by atoms with Gasteiger partial charge in [-0.3, -0.25) is 4.79 Å². The molecule has 0 aliphatic carbocycles. The summed E-state index contributed by atoms with van der Waals surface area (Å²) >= 11 is 12.0. The Hall–Kier alpha value is -2.77. The summed E-state index contributed by atoms with van der Waals surface area (Å²) in [5, 5.41) is 36.8. The number of aliphatic hydroxyl groups excluding tert-OH is 1. The highest BCUT2D eigenvalue weighted by atomic mass is 35.5. The Kier molecular flexibility index (Phi) is 8.44. The minimum atomic E-state index is -0.907. The number of hydrogen-bond acceptors (Lipinski definition) is 5. The quantitative estimate of drug-likeness (QED) is 0.284. The second kappa shape index (κ2) is 11.1. The van der Waals surface area contributed by atoms with Crippen LogP contribution in [0.15, 0.2) is 60.7 Å². The monoisotopic (exact) mass is 502 g/mol. The van der Waals surface area contributed by atoms with E-state index in [-0.39, 0.29) is 24.0 Å². The summed E-state index contributed by atoms with van der Waals surface area (Å²) in [7, 11) is 0. The number of β-amino-alcohol motifs (C(OH)–C–C–N with tert-alkyl or cyclic N) is 1. The predicted molar refractivity (Wildman–Crippen MR) is 135 cm³/mol. The molecule has 0 fully saturated rings. The van der Waals surface area contributed by atoms with Crippen LogP contribution in [0.2, 0.25) is 10.0 Å². The average molecular weight is 503 g/mol.